The molecule has 4 N–H and O–H groups in total. The number of benzene rings is 3. The van der Waals surface area contributed by atoms with E-state index in [4.69, 9.17) is 5.73 Å². The Bertz CT molecular complexity index is 1700. The van der Waals surface area contributed by atoms with E-state index in [9.17, 15) is 12.8 Å². The Morgan fingerprint density at radius 1 is 0.973 bits per heavy atom. The number of nitrogen functional groups attached to an aromatic ring is 1. The second-order valence-corrected chi connectivity index (χ2v) is 10.7. The van der Waals surface area contributed by atoms with Gasteiger partial charge in [-0.05, 0) is 53.4 Å². The van der Waals surface area contributed by atoms with Gasteiger partial charge >= 0.3 is 0 Å². The van der Waals surface area contributed by atoms with Crippen molar-refractivity contribution in [1.29, 1.82) is 0 Å². The normalized spacial score (nSPS) is 15.5. The van der Waals surface area contributed by atoms with Crippen molar-refractivity contribution < 1.29 is 12.8 Å². The van der Waals surface area contributed by atoms with Crippen molar-refractivity contribution >= 4 is 38.5 Å². The van der Waals surface area contributed by atoms with E-state index in [0.717, 1.165) is 16.7 Å². The molecule has 186 valence electrons. The summed E-state index contributed by atoms with van der Waals surface area (Å²) in [6, 6.07) is 19.8. The summed E-state index contributed by atoms with van der Waals surface area (Å²) in [5.41, 5.74) is 9.48. The van der Waals surface area contributed by atoms with E-state index in [0.29, 0.717) is 29.0 Å². The number of hydrogen-bond donors (Lipinski definition) is 3. The summed E-state index contributed by atoms with van der Waals surface area (Å²) in [4.78, 5) is 8.62. The number of sulfonamides is 1. The Kier molecular flexibility index (Phi) is 5.49. The summed E-state index contributed by atoms with van der Waals surface area (Å²) in [6.45, 7) is 0.183. The lowest BCUT2D eigenvalue weighted by molar-refractivity contribution is 0.581. The third-order valence-corrected chi connectivity index (χ3v) is 8.19. The molecule has 0 bridgehead atoms. The van der Waals surface area contributed by atoms with E-state index in [-0.39, 0.29) is 29.2 Å². The molecule has 2 aromatic heterocycles. The Morgan fingerprint density at radius 3 is 2.43 bits per heavy atom. The van der Waals surface area contributed by atoms with Gasteiger partial charge < -0.3 is 11.1 Å². The average Bonchev–Trinajstić information content (AvgIpc) is 3.37. The number of para-hydroxylation sites is 1. The van der Waals surface area contributed by atoms with Crippen molar-refractivity contribution in [3.8, 4) is 11.1 Å². The monoisotopic (exact) mass is 515 g/mol. The van der Waals surface area contributed by atoms with Gasteiger partial charge in [0.05, 0.1) is 34.8 Å². The van der Waals surface area contributed by atoms with Crippen molar-refractivity contribution in [2.75, 3.05) is 21.9 Å². The first-order chi connectivity index (χ1) is 17.9. The van der Waals surface area contributed by atoms with Gasteiger partial charge in [0.25, 0.3) is 10.0 Å². The standard InChI is InChI=1S/C26H22FN7O2S/c27-19-9-5-16(6-10-19)17-7-11-21(12-8-17)37(35,36)34-15-20(13-18-3-1-2-4-23(18)34)30-24-22-14-29-33-25(22)32-26(28)31-24/h1-12,14,20H,13,15H2,(H4,28,29,30,31,32,33). The Morgan fingerprint density at radius 2 is 1.68 bits per heavy atom. The van der Waals surface area contributed by atoms with Crippen LogP contribution >= 0.6 is 0 Å². The number of H-pyrrole nitrogens is 1. The third kappa shape index (κ3) is 4.23. The number of aromatic amines is 1. The summed E-state index contributed by atoms with van der Waals surface area (Å²) in [7, 11) is -3.89. The van der Waals surface area contributed by atoms with Crippen LogP contribution in [0.25, 0.3) is 22.2 Å². The molecule has 6 rings (SSSR count). The van der Waals surface area contributed by atoms with E-state index < -0.39 is 10.0 Å². The van der Waals surface area contributed by atoms with Gasteiger partial charge in [-0.15, -0.1) is 0 Å². The van der Waals surface area contributed by atoms with Crippen molar-refractivity contribution in [3.63, 3.8) is 0 Å². The van der Waals surface area contributed by atoms with Crippen LogP contribution in [0.2, 0.25) is 0 Å². The largest absolute Gasteiger partial charge is 0.368 e. The first-order valence-electron chi connectivity index (χ1n) is 11.6. The molecule has 0 aliphatic carbocycles. The summed E-state index contributed by atoms with van der Waals surface area (Å²) < 4.78 is 42.4. The van der Waals surface area contributed by atoms with Crippen LogP contribution in [-0.2, 0) is 16.4 Å². The predicted molar refractivity (Wildman–Crippen MR) is 140 cm³/mol. The molecule has 0 spiro atoms. The fourth-order valence-corrected chi connectivity index (χ4v) is 6.17. The summed E-state index contributed by atoms with van der Waals surface area (Å²) >= 11 is 0. The molecular formula is C26H22FN7O2S. The highest BCUT2D eigenvalue weighted by molar-refractivity contribution is 7.92. The Balaban J connectivity index is 1.33. The highest BCUT2D eigenvalue weighted by Gasteiger charge is 2.33. The molecule has 0 amide bonds. The molecule has 0 saturated heterocycles. The van der Waals surface area contributed by atoms with Gasteiger partial charge in [0.2, 0.25) is 5.95 Å². The lowest BCUT2D eigenvalue weighted by Crippen LogP contribution is -2.45. The first-order valence-corrected chi connectivity index (χ1v) is 13.0. The van der Waals surface area contributed by atoms with E-state index >= 15 is 0 Å². The number of nitrogens with zero attached hydrogens (tertiary/aromatic N) is 4. The maximum atomic E-state index is 13.9. The summed E-state index contributed by atoms with van der Waals surface area (Å²) in [6.07, 6.45) is 2.19. The number of hydrogen-bond acceptors (Lipinski definition) is 7. The van der Waals surface area contributed by atoms with E-state index in [1.165, 1.54) is 16.4 Å². The molecule has 1 atom stereocenters. The average molecular weight is 516 g/mol. The molecule has 5 aromatic rings. The molecule has 9 nitrogen and oxygen atoms in total. The molecule has 3 heterocycles. The van der Waals surface area contributed by atoms with Crippen LogP contribution in [0.4, 0.5) is 21.8 Å². The number of fused-ring (bicyclic) bond motifs is 2. The van der Waals surface area contributed by atoms with Gasteiger partial charge in [0.1, 0.15) is 11.6 Å². The minimum Gasteiger partial charge on any atom is -0.368 e. The molecule has 1 aliphatic heterocycles. The van der Waals surface area contributed by atoms with Gasteiger partial charge in [-0.2, -0.15) is 15.1 Å². The number of nitrogens with one attached hydrogen (secondary N) is 2. The quantitative estimate of drug-likeness (QED) is 0.323. The van der Waals surface area contributed by atoms with Gasteiger partial charge in [-0.1, -0.05) is 42.5 Å². The molecule has 0 fully saturated rings. The van der Waals surface area contributed by atoms with E-state index in [1.807, 2.05) is 24.3 Å². The number of rotatable bonds is 5. The topological polar surface area (TPSA) is 130 Å². The highest BCUT2D eigenvalue weighted by atomic mass is 32.2. The Hall–Kier alpha value is -4.51. The van der Waals surface area contributed by atoms with Crippen LogP contribution in [0.3, 0.4) is 0 Å². The molecule has 11 heteroatoms. The first kappa shape index (κ1) is 22.9. The zero-order valence-corrected chi connectivity index (χ0v) is 20.3. The van der Waals surface area contributed by atoms with Crippen LogP contribution in [0.1, 0.15) is 5.56 Å². The molecule has 3 aromatic carbocycles. The Labute approximate surface area is 212 Å². The van der Waals surface area contributed by atoms with Crippen LogP contribution in [-0.4, -0.2) is 41.2 Å². The lowest BCUT2D eigenvalue weighted by atomic mass is 9.99. The molecule has 1 unspecified atom stereocenters. The zero-order chi connectivity index (χ0) is 25.6. The number of anilines is 3. The third-order valence-electron chi connectivity index (χ3n) is 6.40. The molecule has 37 heavy (non-hydrogen) atoms. The number of nitrogens with two attached hydrogens (primary N) is 1. The smallest absolute Gasteiger partial charge is 0.264 e. The SMILES string of the molecule is Nc1nc(NC2Cc3ccccc3N(S(=O)(=O)c3ccc(-c4ccc(F)cc4)cc3)C2)c2cn[nH]c2n1. The highest BCUT2D eigenvalue weighted by Crippen LogP contribution is 2.34. The van der Waals surface area contributed by atoms with E-state index in [2.05, 4.69) is 25.5 Å². The molecular weight excluding hydrogens is 493 g/mol. The zero-order valence-electron chi connectivity index (χ0n) is 19.5. The maximum Gasteiger partial charge on any atom is 0.264 e. The van der Waals surface area contributed by atoms with Crippen LogP contribution in [0.15, 0.2) is 83.9 Å². The van der Waals surface area contributed by atoms with Gasteiger partial charge in [0.15, 0.2) is 5.65 Å². The van der Waals surface area contributed by atoms with Crippen LogP contribution in [0.5, 0.6) is 0 Å². The second-order valence-electron chi connectivity index (χ2n) is 8.80. The summed E-state index contributed by atoms with van der Waals surface area (Å²) in [5.74, 6) is 0.246. The number of aromatic nitrogens is 4. The number of halogens is 1. The molecule has 0 radical (unpaired) electrons. The van der Waals surface area contributed by atoms with Crippen molar-refractivity contribution in [2.24, 2.45) is 0 Å². The second kappa shape index (κ2) is 8.86. The van der Waals surface area contributed by atoms with Crippen LogP contribution < -0.4 is 15.4 Å². The van der Waals surface area contributed by atoms with Crippen LogP contribution in [0, 0.1) is 5.82 Å². The van der Waals surface area contributed by atoms with Crippen molar-refractivity contribution in [3.05, 3.63) is 90.4 Å². The van der Waals surface area contributed by atoms with Gasteiger partial charge in [0, 0.05) is 0 Å². The predicted octanol–water partition coefficient (Wildman–Crippen LogP) is 3.97. The van der Waals surface area contributed by atoms with Gasteiger partial charge in [-0.3, -0.25) is 9.40 Å². The fourth-order valence-electron chi connectivity index (χ4n) is 4.62. The summed E-state index contributed by atoms with van der Waals surface area (Å²) in [5, 5.41) is 10.8. The minimum absolute atomic E-state index is 0.0844. The van der Waals surface area contributed by atoms with Crippen molar-refractivity contribution in [2.45, 2.75) is 17.4 Å². The lowest BCUT2D eigenvalue weighted by Gasteiger charge is -2.35. The fraction of sp³-hybridized carbons (Fsp3) is 0.115. The van der Waals surface area contributed by atoms with Crippen molar-refractivity contribution in [1.82, 2.24) is 20.2 Å². The molecule has 0 saturated carbocycles. The minimum atomic E-state index is -3.89. The maximum absolute atomic E-state index is 13.9. The van der Waals surface area contributed by atoms with Gasteiger partial charge in [-0.25, -0.2) is 12.8 Å². The van der Waals surface area contributed by atoms with E-state index in [1.54, 1.807) is 42.6 Å². The molecule has 1 aliphatic rings.